The van der Waals surface area contributed by atoms with E-state index >= 15 is 0 Å². The molecule has 2 saturated heterocycles. The molecule has 2 aliphatic heterocycles. The highest BCUT2D eigenvalue weighted by Crippen LogP contribution is 2.43. The number of piperidine rings is 2. The van der Waals surface area contributed by atoms with E-state index in [-0.39, 0.29) is 23.6 Å². The van der Waals surface area contributed by atoms with Crippen LogP contribution in [0, 0.1) is 5.92 Å². The van der Waals surface area contributed by atoms with Crippen LogP contribution in [0.5, 0.6) is 0 Å². The van der Waals surface area contributed by atoms with Gasteiger partial charge in [0.1, 0.15) is 0 Å². The summed E-state index contributed by atoms with van der Waals surface area (Å²) in [7, 11) is 0. The molecule has 0 saturated carbocycles. The molecule has 1 aromatic carbocycles. The third-order valence-corrected chi connectivity index (χ3v) is 5.16. The predicted molar refractivity (Wildman–Crippen MR) is 90.4 cm³/mol. The highest BCUT2D eigenvalue weighted by Gasteiger charge is 2.49. The number of benzene rings is 1. The number of hydrogen-bond acceptors (Lipinski definition) is 4. The Morgan fingerprint density at radius 2 is 1.83 bits per heavy atom. The summed E-state index contributed by atoms with van der Waals surface area (Å²) in [6.07, 6.45) is 2.73. The average molecular weight is 329 g/mol. The normalized spacial score (nSPS) is 25.2. The summed E-state index contributed by atoms with van der Waals surface area (Å²) in [6, 6.07) is 7.46. The molecule has 2 heterocycles. The van der Waals surface area contributed by atoms with Gasteiger partial charge in [-0.05, 0) is 56.0 Å². The van der Waals surface area contributed by atoms with E-state index in [1.807, 2.05) is 24.3 Å². The molecule has 3 N–H and O–H groups in total. The fourth-order valence-electron chi connectivity index (χ4n) is 3.99. The van der Waals surface area contributed by atoms with Crippen molar-refractivity contribution in [1.82, 2.24) is 10.6 Å². The molecule has 0 spiro atoms. The van der Waals surface area contributed by atoms with Crippen molar-refractivity contribution in [1.29, 1.82) is 0 Å². The van der Waals surface area contributed by atoms with Crippen LogP contribution in [0.2, 0.25) is 0 Å². The quantitative estimate of drug-likeness (QED) is 0.730. The minimum absolute atomic E-state index is 0.128. The lowest BCUT2D eigenvalue weighted by Gasteiger charge is -2.44. The molecule has 24 heavy (non-hydrogen) atoms. The largest absolute Gasteiger partial charge is 0.326 e. The number of nitrogens with one attached hydrogen (secondary N) is 3. The lowest BCUT2D eigenvalue weighted by atomic mass is 9.62. The van der Waals surface area contributed by atoms with Crippen LogP contribution in [0.3, 0.4) is 0 Å². The Balaban J connectivity index is 1.96. The molecule has 2 aliphatic rings. The first-order valence-electron chi connectivity index (χ1n) is 8.45. The van der Waals surface area contributed by atoms with Crippen molar-refractivity contribution in [2.75, 3.05) is 18.4 Å². The molecule has 0 aromatic heterocycles. The zero-order valence-corrected chi connectivity index (χ0v) is 13.9. The molecule has 1 atom stereocenters. The molecule has 128 valence electrons. The van der Waals surface area contributed by atoms with Gasteiger partial charge in [0.2, 0.25) is 17.7 Å². The van der Waals surface area contributed by atoms with Crippen LogP contribution in [0.4, 0.5) is 5.69 Å². The third-order valence-electron chi connectivity index (χ3n) is 5.16. The van der Waals surface area contributed by atoms with Gasteiger partial charge in [0.25, 0.3) is 0 Å². The molecule has 3 amide bonds. The first-order valence-corrected chi connectivity index (χ1v) is 8.45. The van der Waals surface area contributed by atoms with Crippen LogP contribution < -0.4 is 16.0 Å². The maximum Gasteiger partial charge on any atom is 0.237 e. The van der Waals surface area contributed by atoms with Crippen molar-refractivity contribution in [3.05, 3.63) is 29.8 Å². The molecule has 3 rings (SSSR count). The first-order chi connectivity index (χ1) is 11.5. The minimum atomic E-state index is -0.662. The van der Waals surface area contributed by atoms with Crippen molar-refractivity contribution in [3.8, 4) is 0 Å². The fourth-order valence-corrected chi connectivity index (χ4v) is 3.99. The molecule has 0 bridgehead atoms. The monoisotopic (exact) mass is 329 g/mol. The van der Waals surface area contributed by atoms with E-state index in [0.29, 0.717) is 18.5 Å². The van der Waals surface area contributed by atoms with E-state index in [0.717, 1.165) is 31.5 Å². The van der Waals surface area contributed by atoms with Crippen molar-refractivity contribution in [3.63, 3.8) is 0 Å². The lowest BCUT2D eigenvalue weighted by molar-refractivity contribution is -0.140. The van der Waals surface area contributed by atoms with E-state index in [1.54, 1.807) is 0 Å². The van der Waals surface area contributed by atoms with E-state index < -0.39 is 5.41 Å². The van der Waals surface area contributed by atoms with Gasteiger partial charge in [-0.1, -0.05) is 12.1 Å². The topological polar surface area (TPSA) is 87.3 Å². The minimum Gasteiger partial charge on any atom is -0.326 e. The van der Waals surface area contributed by atoms with Crippen molar-refractivity contribution in [2.45, 2.75) is 38.0 Å². The van der Waals surface area contributed by atoms with Gasteiger partial charge in [-0.2, -0.15) is 0 Å². The summed E-state index contributed by atoms with van der Waals surface area (Å²) in [5.41, 5.74) is 0.970. The third kappa shape index (κ3) is 3.06. The summed E-state index contributed by atoms with van der Waals surface area (Å²) in [6.45, 7) is 3.24. The number of rotatable bonds is 3. The Morgan fingerprint density at radius 3 is 2.42 bits per heavy atom. The van der Waals surface area contributed by atoms with Crippen molar-refractivity contribution < 1.29 is 14.4 Å². The van der Waals surface area contributed by atoms with E-state index in [9.17, 15) is 14.4 Å². The SMILES string of the molecule is CC(=O)Nc1ccc(C2(C3CCNCC3)CCC(=O)NC2=O)cc1. The summed E-state index contributed by atoms with van der Waals surface area (Å²) < 4.78 is 0. The Labute approximate surface area is 141 Å². The molecule has 0 aliphatic carbocycles. The number of amides is 3. The Kier molecular flexibility index (Phi) is 4.66. The number of carbonyl (C=O) groups is 3. The van der Waals surface area contributed by atoms with Crippen molar-refractivity contribution >= 4 is 23.4 Å². The van der Waals surface area contributed by atoms with Gasteiger partial charge in [0.15, 0.2) is 0 Å². The fraction of sp³-hybridized carbons (Fsp3) is 0.500. The number of carbonyl (C=O) groups excluding carboxylic acids is 3. The number of anilines is 1. The molecule has 6 nitrogen and oxygen atoms in total. The summed E-state index contributed by atoms with van der Waals surface area (Å²) in [5, 5.41) is 8.62. The molecule has 6 heteroatoms. The van der Waals surface area contributed by atoms with E-state index in [1.165, 1.54) is 6.92 Å². The zero-order valence-electron chi connectivity index (χ0n) is 13.9. The Hall–Kier alpha value is -2.21. The maximum atomic E-state index is 12.9. The zero-order chi connectivity index (χ0) is 17.2. The van der Waals surface area contributed by atoms with Crippen LogP contribution in [0.1, 0.15) is 38.2 Å². The van der Waals surface area contributed by atoms with Crippen molar-refractivity contribution in [2.24, 2.45) is 5.92 Å². The summed E-state index contributed by atoms with van der Waals surface area (Å²) in [4.78, 5) is 35.7. The maximum absolute atomic E-state index is 12.9. The predicted octanol–water partition coefficient (Wildman–Crippen LogP) is 1.32. The van der Waals surface area contributed by atoms with Gasteiger partial charge >= 0.3 is 0 Å². The van der Waals surface area contributed by atoms with Gasteiger partial charge in [0.05, 0.1) is 5.41 Å². The molecular weight excluding hydrogens is 306 g/mol. The molecule has 2 fully saturated rings. The van der Waals surface area contributed by atoms with Gasteiger partial charge in [0, 0.05) is 19.0 Å². The molecule has 1 aromatic rings. The van der Waals surface area contributed by atoms with Crippen LogP contribution in [0.15, 0.2) is 24.3 Å². The van der Waals surface area contributed by atoms with Gasteiger partial charge in [-0.3, -0.25) is 19.7 Å². The highest BCUT2D eigenvalue weighted by molar-refractivity contribution is 6.03. The smallest absolute Gasteiger partial charge is 0.237 e. The van der Waals surface area contributed by atoms with Crippen LogP contribution in [-0.4, -0.2) is 30.8 Å². The highest BCUT2D eigenvalue weighted by atomic mass is 16.2. The second-order valence-electron chi connectivity index (χ2n) is 6.63. The van der Waals surface area contributed by atoms with Gasteiger partial charge < -0.3 is 10.6 Å². The van der Waals surface area contributed by atoms with Crippen LogP contribution >= 0.6 is 0 Å². The molecular formula is C18H23N3O3. The molecule has 1 unspecified atom stereocenters. The number of hydrogen-bond donors (Lipinski definition) is 3. The summed E-state index contributed by atoms with van der Waals surface area (Å²) >= 11 is 0. The Bertz CT molecular complexity index is 650. The lowest BCUT2D eigenvalue weighted by Crippen LogP contribution is -2.57. The van der Waals surface area contributed by atoms with Crippen LogP contribution in [-0.2, 0) is 19.8 Å². The molecule has 0 radical (unpaired) electrons. The van der Waals surface area contributed by atoms with E-state index in [4.69, 9.17) is 0 Å². The second-order valence-corrected chi connectivity index (χ2v) is 6.63. The number of imide groups is 1. The van der Waals surface area contributed by atoms with Gasteiger partial charge in [-0.25, -0.2) is 0 Å². The van der Waals surface area contributed by atoms with Crippen LogP contribution in [0.25, 0.3) is 0 Å². The first kappa shape index (κ1) is 16.6. The second kappa shape index (κ2) is 6.73. The standard InChI is InChI=1S/C18H23N3O3/c1-12(22)20-15-4-2-13(3-5-15)18(14-7-10-19-11-8-14)9-6-16(23)21-17(18)24/h2-5,14,19H,6-11H2,1H3,(H,20,22)(H,21,23,24). The van der Waals surface area contributed by atoms with Gasteiger partial charge in [-0.15, -0.1) is 0 Å². The average Bonchev–Trinajstić information content (AvgIpc) is 2.57. The Morgan fingerprint density at radius 1 is 1.17 bits per heavy atom. The van der Waals surface area contributed by atoms with E-state index in [2.05, 4.69) is 16.0 Å². The summed E-state index contributed by atoms with van der Waals surface area (Å²) in [5.74, 6) is -0.298.